The quantitative estimate of drug-likeness (QED) is 0.713. The lowest BCUT2D eigenvalue weighted by atomic mass is 9.71. The molecule has 0 bridgehead atoms. The molecule has 0 aromatic carbocycles. The van der Waals surface area contributed by atoms with Gasteiger partial charge in [-0.15, -0.1) is 0 Å². The normalized spacial score (nSPS) is 30.4. The summed E-state index contributed by atoms with van der Waals surface area (Å²) in [6.07, 6.45) is 6.50. The molecule has 2 heteroatoms. The molecular weight excluding hydrogens is 186 g/mol. The average Bonchev–Trinajstić information content (AvgIpc) is 2.09. The Morgan fingerprint density at radius 3 is 2.60 bits per heavy atom. The molecule has 0 amide bonds. The highest BCUT2D eigenvalue weighted by Crippen LogP contribution is 2.39. The number of nitrogens with two attached hydrogens (primary N) is 1. The van der Waals surface area contributed by atoms with E-state index in [0.717, 1.165) is 31.9 Å². The van der Waals surface area contributed by atoms with Gasteiger partial charge in [0.1, 0.15) is 0 Å². The molecule has 0 heterocycles. The summed E-state index contributed by atoms with van der Waals surface area (Å²) in [5.41, 5.74) is 5.93. The van der Waals surface area contributed by atoms with Crippen LogP contribution in [0.3, 0.4) is 0 Å². The minimum absolute atomic E-state index is 0.468. The predicted octanol–water partition coefficient (Wildman–Crippen LogP) is 2.96. The number of ether oxygens (including phenoxy) is 1. The van der Waals surface area contributed by atoms with Crippen LogP contribution in [0.1, 0.15) is 52.9 Å². The molecule has 2 unspecified atom stereocenters. The molecule has 0 saturated heterocycles. The summed E-state index contributed by atoms with van der Waals surface area (Å²) in [7, 11) is 0. The van der Waals surface area contributed by atoms with Crippen molar-refractivity contribution in [2.75, 3.05) is 13.2 Å². The summed E-state index contributed by atoms with van der Waals surface area (Å²) in [4.78, 5) is 0. The smallest absolute Gasteiger partial charge is 0.0582 e. The lowest BCUT2D eigenvalue weighted by molar-refractivity contribution is -0.0238. The van der Waals surface area contributed by atoms with Gasteiger partial charge in [0.25, 0.3) is 0 Å². The van der Waals surface area contributed by atoms with Crippen LogP contribution in [0.4, 0.5) is 0 Å². The molecule has 1 fully saturated rings. The Labute approximate surface area is 94.6 Å². The van der Waals surface area contributed by atoms with E-state index < -0.39 is 0 Å². The van der Waals surface area contributed by atoms with Gasteiger partial charge in [0.05, 0.1) is 6.10 Å². The van der Waals surface area contributed by atoms with Gasteiger partial charge in [-0.05, 0) is 50.0 Å². The van der Waals surface area contributed by atoms with Gasteiger partial charge in [0.2, 0.25) is 0 Å². The van der Waals surface area contributed by atoms with E-state index in [-0.39, 0.29) is 0 Å². The lowest BCUT2D eigenvalue weighted by Gasteiger charge is -2.38. The first-order valence-corrected chi connectivity index (χ1v) is 6.35. The van der Waals surface area contributed by atoms with Gasteiger partial charge in [-0.3, -0.25) is 0 Å². The molecule has 0 aliphatic heterocycles. The third-order valence-corrected chi connectivity index (χ3v) is 3.30. The zero-order valence-corrected chi connectivity index (χ0v) is 10.6. The van der Waals surface area contributed by atoms with Gasteiger partial charge in [-0.1, -0.05) is 20.8 Å². The van der Waals surface area contributed by atoms with Gasteiger partial charge in [-0.2, -0.15) is 0 Å². The van der Waals surface area contributed by atoms with Crippen molar-refractivity contribution >= 4 is 0 Å². The summed E-state index contributed by atoms with van der Waals surface area (Å²) in [6.45, 7) is 8.75. The third-order valence-electron chi connectivity index (χ3n) is 3.30. The predicted molar refractivity (Wildman–Crippen MR) is 64.8 cm³/mol. The highest BCUT2D eigenvalue weighted by atomic mass is 16.5. The topological polar surface area (TPSA) is 35.2 Å². The molecule has 15 heavy (non-hydrogen) atoms. The van der Waals surface area contributed by atoms with Crippen molar-refractivity contribution in [2.24, 2.45) is 17.1 Å². The van der Waals surface area contributed by atoms with Crippen LogP contribution in [0.25, 0.3) is 0 Å². The van der Waals surface area contributed by atoms with E-state index in [2.05, 4.69) is 20.8 Å². The average molecular weight is 213 g/mol. The fraction of sp³-hybridized carbons (Fsp3) is 1.00. The summed E-state index contributed by atoms with van der Waals surface area (Å²) in [5.74, 6) is 0.813. The Kier molecular flexibility index (Phi) is 5.07. The van der Waals surface area contributed by atoms with Crippen molar-refractivity contribution in [3.05, 3.63) is 0 Å². The van der Waals surface area contributed by atoms with Gasteiger partial charge in [0.15, 0.2) is 0 Å². The second kappa shape index (κ2) is 5.86. The molecule has 2 N–H and O–H groups in total. The van der Waals surface area contributed by atoms with Crippen LogP contribution < -0.4 is 5.73 Å². The van der Waals surface area contributed by atoms with Crippen molar-refractivity contribution in [3.63, 3.8) is 0 Å². The van der Waals surface area contributed by atoms with E-state index in [4.69, 9.17) is 10.5 Å². The monoisotopic (exact) mass is 213 g/mol. The van der Waals surface area contributed by atoms with E-state index in [1.807, 2.05) is 0 Å². The Hall–Kier alpha value is -0.0800. The van der Waals surface area contributed by atoms with Crippen LogP contribution in [-0.4, -0.2) is 19.3 Å². The molecule has 0 radical (unpaired) electrons. The number of hydrogen-bond donors (Lipinski definition) is 1. The Balaban J connectivity index is 2.23. The molecule has 1 aliphatic rings. The third kappa shape index (κ3) is 4.98. The molecule has 0 aromatic heterocycles. The first-order chi connectivity index (χ1) is 7.03. The summed E-state index contributed by atoms with van der Waals surface area (Å²) < 4.78 is 5.94. The van der Waals surface area contributed by atoms with E-state index in [1.54, 1.807) is 0 Å². The Bertz CT molecular complexity index is 179. The van der Waals surface area contributed by atoms with Crippen molar-refractivity contribution in [1.82, 2.24) is 0 Å². The zero-order valence-electron chi connectivity index (χ0n) is 10.6. The fourth-order valence-corrected chi connectivity index (χ4v) is 2.88. The summed E-state index contributed by atoms with van der Waals surface area (Å²) >= 11 is 0. The number of rotatable bonds is 5. The minimum atomic E-state index is 0.468. The van der Waals surface area contributed by atoms with Crippen molar-refractivity contribution in [3.8, 4) is 0 Å². The van der Waals surface area contributed by atoms with Crippen LogP contribution >= 0.6 is 0 Å². The van der Waals surface area contributed by atoms with E-state index in [1.165, 1.54) is 19.3 Å². The highest BCUT2D eigenvalue weighted by Gasteiger charge is 2.32. The molecule has 2 nitrogen and oxygen atoms in total. The first-order valence-electron chi connectivity index (χ1n) is 6.35. The van der Waals surface area contributed by atoms with Crippen LogP contribution in [0.5, 0.6) is 0 Å². The summed E-state index contributed by atoms with van der Waals surface area (Å²) in [6, 6.07) is 0. The fourth-order valence-electron chi connectivity index (χ4n) is 2.88. The van der Waals surface area contributed by atoms with Gasteiger partial charge < -0.3 is 10.5 Å². The molecule has 2 atom stereocenters. The Morgan fingerprint density at radius 2 is 2.00 bits per heavy atom. The van der Waals surface area contributed by atoms with Gasteiger partial charge >= 0.3 is 0 Å². The SMILES string of the molecule is CC1CC(OCCCCN)CC(C)(C)C1. The highest BCUT2D eigenvalue weighted by molar-refractivity contribution is 4.83. The maximum atomic E-state index is 5.94. The Morgan fingerprint density at radius 1 is 1.27 bits per heavy atom. The van der Waals surface area contributed by atoms with Crippen molar-refractivity contribution in [2.45, 2.75) is 59.0 Å². The molecule has 1 aliphatic carbocycles. The number of hydrogen-bond acceptors (Lipinski definition) is 2. The maximum Gasteiger partial charge on any atom is 0.0582 e. The molecule has 1 saturated carbocycles. The van der Waals surface area contributed by atoms with Crippen molar-refractivity contribution in [1.29, 1.82) is 0 Å². The largest absolute Gasteiger partial charge is 0.378 e. The number of unbranched alkanes of at least 4 members (excludes halogenated alkanes) is 1. The molecule has 0 spiro atoms. The van der Waals surface area contributed by atoms with Crippen LogP contribution in [-0.2, 0) is 4.74 Å². The molecule has 0 aromatic rings. The van der Waals surface area contributed by atoms with Gasteiger partial charge in [-0.25, -0.2) is 0 Å². The second-order valence-corrected chi connectivity index (χ2v) is 5.90. The van der Waals surface area contributed by atoms with E-state index in [0.29, 0.717) is 11.5 Å². The molecule has 1 rings (SSSR count). The van der Waals surface area contributed by atoms with Crippen LogP contribution in [0.2, 0.25) is 0 Å². The molecular formula is C13H27NO. The van der Waals surface area contributed by atoms with Crippen LogP contribution in [0.15, 0.2) is 0 Å². The van der Waals surface area contributed by atoms with Crippen LogP contribution in [0, 0.1) is 11.3 Å². The lowest BCUT2D eigenvalue weighted by Crippen LogP contribution is -2.32. The summed E-state index contributed by atoms with van der Waals surface area (Å²) in [5, 5.41) is 0. The van der Waals surface area contributed by atoms with E-state index in [9.17, 15) is 0 Å². The van der Waals surface area contributed by atoms with Gasteiger partial charge in [0, 0.05) is 6.61 Å². The maximum absolute atomic E-state index is 5.94. The van der Waals surface area contributed by atoms with E-state index >= 15 is 0 Å². The minimum Gasteiger partial charge on any atom is -0.378 e. The zero-order chi connectivity index (χ0) is 11.3. The molecule has 90 valence electrons. The second-order valence-electron chi connectivity index (χ2n) is 5.90. The van der Waals surface area contributed by atoms with Crippen molar-refractivity contribution < 1.29 is 4.74 Å². The first kappa shape index (κ1) is 13.0. The standard InChI is InChI=1S/C13H27NO/c1-11-8-12(10-13(2,3)9-11)15-7-5-4-6-14/h11-12H,4-10,14H2,1-3H3.